The van der Waals surface area contributed by atoms with Gasteiger partial charge < -0.3 is 14.7 Å². The average Bonchev–Trinajstić information content (AvgIpc) is 3.11. The molecule has 0 saturated carbocycles. The average molecular weight is 302 g/mol. The van der Waals surface area contributed by atoms with Crippen LogP contribution in [0.2, 0.25) is 0 Å². The number of hydrogen-bond acceptors (Lipinski definition) is 4. The summed E-state index contributed by atoms with van der Waals surface area (Å²) in [5.41, 5.74) is 2.86. The zero-order valence-corrected chi connectivity index (χ0v) is 12.7. The summed E-state index contributed by atoms with van der Waals surface area (Å²) in [6, 6.07) is 2.47. The van der Waals surface area contributed by atoms with E-state index < -0.39 is 6.10 Å². The van der Waals surface area contributed by atoms with Crippen LogP contribution < -0.4 is 0 Å². The second-order valence-corrected chi connectivity index (χ2v) is 6.82. The third kappa shape index (κ3) is 2.05. The molecule has 0 aromatic carbocycles. The Kier molecular flexibility index (Phi) is 3.15. The van der Waals surface area contributed by atoms with Gasteiger partial charge in [-0.25, -0.2) is 9.97 Å². The Morgan fingerprint density at radius 1 is 1.43 bits per heavy atom. The Balaban J connectivity index is 2.03. The van der Waals surface area contributed by atoms with Gasteiger partial charge in [0.15, 0.2) is 0 Å². The van der Waals surface area contributed by atoms with Crippen LogP contribution in [0.1, 0.15) is 37.7 Å². The Morgan fingerprint density at radius 2 is 2.24 bits per heavy atom. The number of pyridine rings is 1. The number of aromatic amines is 1. The van der Waals surface area contributed by atoms with Gasteiger partial charge in [-0.2, -0.15) is 11.8 Å². The van der Waals surface area contributed by atoms with Crippen molar-refractivity contribution in [3.8, 4) is 0 Å². The molecule has 2 N–H and O–H groups in total. The SMILES string of the molecule is C[C@@H](O)c1nc2cnc3[nH]ccc3c2n1C1CCSCC1. The Bertz CT molecular complexity index is 786. The molecule has 5 nitrogen and oxygen atoms in total. The highest BCUT2D eigenvalue weighted by Crippen LogP contribution is 2.35. The van der Waals surface area contributed by atoms with Crippen molar-refractivity contribution in [2.75, 3.05) is 11.5 Å². The van der Waals surface area contributed by atoms with E-state index in [1.54, 1.807) is 13.1 Å². The summed E-state index contributed by atoms with van der Waals surface area (Å²) in [4.78, 5) is 12.2. The number of H-pyrrole nitrogens is 1. The van der Waals surface area contributed by atoms with Crippen LogP contribution in [0.3, 0.4) is 0 Å². The van der Waals surface area contributed by atoms with Gasteiger partial charge in [0.05, 0.1) is 11.7 Å². The minimum atomic E-state index is -0.569. The lowest BCUT2D eigenvalue weighted by molar-refractivity contribution is 0.180. The monoisotopic (exact) mass is 302 g/mol. The molecular weight excluding hydrogens is 284 g/mol. The fourth-order valence-corrected chi connectivity index (χ4v) is 4.30. The van der Waals surface area contributed by atoms with Crippen molar-refractivity contribution in [1.29, 1.82) is 0 Å². The molecule has 0 unspecified atom stereocenters. The van der Waals surface area contributed by atoms with Gasteiger partial charge in [0.1, 0.15) is 23.1 Å². The number of aromatic nitrogens is 4. The molecule has 4 rings (SSSR count). The van der Waals surface area contributed by atoms with Crippen molar-refractivity contribution in [3.63, 3.8) is 0 Å². The zero-order valence-electron chi connectivity index (χ0n) is 11.9. The van der Waals surface area contributed by atoms with Crippen molar-refractivity contribution in [2.24, 2.45) is 0 Å². The number of hydrogen-bond donors (Lipinski definition) is 2. The standard InChI is InChI=1S/C15H18N4OS/c1-9(20)15-18-12-8-17-14-11(2-5-16-14)13(12)19(15)10-3-6-21-7-4-10/h2,5,8-10,20H,3-4,6-7H2,1H3,(H,16,17)/t9-/m1/s1. The first-order valence-electron chi connectivity index (χ1n) is 7.35. The number of imidazole rings is 1. The normalized spacial score (nSPS) is 18.6. The molecule has 3 aromatic rings. The van der Waals surface area contributed by atoms with Gasteiger partial charge in [-0.3, -0.25) is 0 Å². The van der Waals surface area contributed by atoms with Crippen LogP contribution in [-0.2, 0) is 0 Å². The molecule has 0 spiro atoms. The summed E-state index contributed by atoms with van der Waals surface area (Å²) in [6.07, 6.45) is 5.40. The first-order chi connectivity index (χ1) is 10.3. The predicted octanol–water partition coefficient (Wildman–Crippen LogP) is 3.03. The van der Waals surface area contributed by atoms with Crippen LogP contribution in [0.25, 0.3) is 22.1 Å². The highest BCUT2D eigenvalue weighted by molar-refractivity contribution is 7.99. The molecule has 0 amide bonds. The summed E-state index contributed by atoms with van der Waals surface area (Å²) in [6.45, 7) is 1.79. The number of fused-ring (bicyclic) bond motifs is 3. The van der Waals surface area contributed by atoms with Crippen LogP contribution >= 0.6 is 11.8 Å². The van der Waals surface area contributed by atoms with E-state index in [-0.39, 0.29) is 0 Å². The molecule has 4 heterocycles. The molecule has 1 aliphatic heterocycles. The van der Waals surface area contributed by atoms with Gasteiger partial charge in [-0.1, -0.05) is 0 Å². The van der Waals surface area contributed by atoms with Crippen molar-refractivity contribution in [1.82, 2.24) is 19.5 Å². The Hall–Kier alpha value is -1.53. The maximum absolute atomic E-state index is 10.1. The highest BCUT2D eigenvalue weighted by Gasteiger charge is 2.25. The lowest BCUT2D eigenvalue weighted by Gasteiger charge is -2.26. The lowest BCUT2D eigenvalue weighted by Crippen LogP contribution is -2.18. The van der Waals surface area contributed by atoms with Crippen molar-refractivity contribution in [3.05, 3.63) is 24.3 Å². The molecule has 0 bridgehead atoms. The molecule has 6 heteroatoms. The molecule has 1 atom stereocenters. The summed E-state index contributed by atoms with van der Waals surface area (Å²) >= 11 is 2.01. The number of rotatable bonds is 2. The topological polar surface area (TPSA) is 66.7 Å². The second kappa shape index (κ2) is 5.03. The van der Waals surface area contributed by atoms with Crippen molar-refractivity contribution in [2.45, 2.75) is 31.9 Å². The molecule has 1 aliphatic rings. The van der Waals surface area contributed by atoms with E-state index in [1.165, 1.54) is 11.5 Å². The van der Waals surface area contributed by atoms with Crippen LogP contribution in [0, 0.1) is 0 Å². The zero-order chi connectivity index (χ0) is 14.4. The largest absolute Gasteiger partial charge is 0.385 e. The molecule has 1 saturated heterocycles. The van der Waals surface area contributed by atoms with E-state index in [0.29, 0.717) is 6.04 Å². The molecule has 21 heavy (non-hydrogen) atoms. The Morgan fingerprint density at radius 3 is 3.00 bits per heavy atom. The summed E-state index contributed by atoms with van der Waals surface area (Å²) in [5, 5.41) is 11.2. The molecule has 110 valence electrons. The maximum Gasteiger partial charge on any atom is 0.139 e. The number of aliphatic hydroxyl groups is 1. The number of nitrogens with one attached hydrogen (secondary N) is 1. The molecule has 0 radical (unpaired) electrons. The van der Waals surface area contributed by atoms with E-state index in [4.69, 9.17) is 0 Å². The second-order valence-electron chi connectivity index (χ2n) is 5.59. The quantitative estimate of drug-likeness (QED) is 0.763. The van der Waals surface area contributed by atoms with Gasteiger partial charge in [0, 0.05) is 17.6 Å². The van der Waals surface area contributed by atoms with E-state index >= 15 is 0 Å². The minimum absolute atomic E-state index is 0.418. The summed E-state index contributed by atoms with van der Waals surface area (Å²) < 4.78 is 2.26. The fraction of sp³-hybridized carbons (Fsp3) is 0.467. The fourth-order valence-electron chi connectivity index (χ4n) is 3.22. The molecule has 3 aromatic heterocycles. The van der Waals surface area contributed by atoms with E-state index in [1.807, 2.05) is 24.0 Å². The van der Waals surface area contributed by atoms with Gasteiger partial charge in [0.25, 0.3) is 0 Å². The number of aliphatic hydroxyl groups excluding tert-OH is 1. The van der Waals surface area contributed by atoms with E-state index in [2.05, 4.69) is 19.5 Å². The third-order valence-corrected chi connectivity index (χ3v) is 5.24. The van der Waals surface area contributed by atoms with Crippen LogP contribution in [0.4, 0.5) is 0 Å². The summed E-state index contributed by atoms with van der Waals surface area (Å²) in [7, 11) is 0. The third-order valence-electron chi connectivity index (χ3n) is 4.19. The number of thioether (sulfide) groups is 1. The van der Waals surface area contributed by atoms with Gasteiger partial charge in [0.2, 0.25) is 0 Å². The first kappa shape index (κ1) is 13.2. The molecule has 1 fully saturated rings. The van der Waals surface area contributed by atoms with Crippen molar-refractivity contribution >= 4 is 33.8 Å². The minimum Gasteiger partial charge on any atom is -0.385 e. The molecular formula is C15H18N4OS. The van der Waals surface area contributed by atoms with Crippen LogP contribution in [-0.4, -0.2) is 36.1 Å². The smallest absolute Gasteiger partial charge is 0.139 e. The van der Waals surface area contributed by atoms with Gasteiger partial charge >= 0.3 is 0 Å². The molecule has 0 aliphatic carbocycles. The lowest BCUT2D eigenvalue weighted by atomic mass is 10.1. The van der Waals surface area contributed by atoms with Gasteiger partial charge in [-0.05, 0) is 37.3 Å². The van der Waals surface area contributed by atoms with Gasteiger partial charge in [-0.15, -0.1) is 0 Å². The predicted molar refractivity (Wildman–Crippen MR) is 85.6 cm³/mol. The maximum atomic E-state index is 10.1. The van der Waals surface area contributed by atoms with E-state index in [9.17, 15) is 5.11 Å². The first-order valence-corrected chi connectivity index (χ1v) is 8.51. The summed E-state index contributed by atoms with van der Waals surface area (Å²) in [5.74, 6) is 3.10. The Labute approximate surface area is 126 Å². The van der Waals surface area contributed by atoms with Crippen LogP contribution in [0.15, 0.2) is 18.5 Å². The van der Waals surface area contributed by atoms with Crippen molar-refractivity contribution < 1.29 is 5.11 Å². The highest BCUT2D eigenvalue weighted by atomic mass is 32.2. The number of nitrogens with zero attached hydrogens (tertiary/aromatic N) is 3. The van der Waals surface area contributed by atoms with E-state index in [0.717, 1.165) is 40.7 Å². The van der Waals surface area contributed by atoms with Crippen LogP contribution in [0.5, 0.6) is 0 Å².